The van der Waals surface area contributed by atoms with Gasteiger partial charge < -0.3 is 4.42 Å². The van der Waals surface area contributed by atoms with Crippen LogP contribution in [0, 0.1) is 13.8 Å². The van der Waals surface area contributed by atoms with Crippen LogP contribution in [0.2, 0.25) is 0 Å². The second-order valence-electron chi connectivity index (χ2n) is 3.87. The van der Waals surface area contributed by atoms with Crippen molar-refractivity contribution in [3.63, 3.8) is 0 Å². The number of rotatable bonds is 5. The maximum absolute atomic E-state index is 11.9. The van der Waals surface area contributed by atoms with E-state index in [-0.39, 0.29) is 0 Å². The highest BCUT2D eigenvalue weighted by atomic mass is 32.2. The number of thiophene rings is 1. The molecule has 0 aliphatic heterocycles. The lowest BCUT2D eigenvalue weighted by Gasteiger charge is -2.02. The number of nitrogens with zero attached hydrogens (tertiary/aromatic N) is 1. The van der Waals surface area contributed by atoms with Crippen LogP contribution >= 0.6 is 11.3 Å². The van der Waals surface area contributed by atoms with E-state index in [1.807, 2.05) is 6.92 Å². The minimum absolute atomic E-state index is 0.311. The Morgan fingerprint density at radius 2 is 2.17 bits per heavy atom. The molecule has 0 bridgehead atoms. The molecular formula is C11H14N2O3S2. The number of oxazole rings is 1. The van der Waals surface area contributed by atoms with Crippen LogP contribution in [0.1, 0.15) is 16.5 Å². The summed E-state index contributed by atoms with van der Waals surface area (Å²) in [7, 11) is -3.39. The summed E-state index contributed by atoms with van der Waals surface area (Å²) in [5, 5.41) is 0. The second-order valence-corrected chi connectivity index (χ2v) is 7.15. The molecule has 0 aromatic carbocycles. The summed E-state index contributed by atoms with van der Waals surface area (Å²) in [4.78, 5) is 5.08. The summed E-state index contributed by atoms with van der Waals surface area (Å²) in [6.07, 6.45) is 2.06. The molecule has 0 unspecified atom stereocenters. The first-order valence-corrected chi connectivity index (χ1v) is 7.74. The Morgan fingerprint density at radius 1 is 1.39 bits per heavy atom. The monoisotopic (exact) mass is 286 g/mol. The summed E-state index contributed by atoms with van der Waals surface area (Å²) in [6.45, 7) is 3.94. The number of aromatic nitrogens is 1. The van der Waals surface area contributed by atoms with E-state index < -0.39 is 10.0 Å². The fourth-order valence-electron chi connectivity index (χ4n) is 1.46. The molecule has 2 rings (SSSR count). The minimum atomic E-state index is -3.39. The lowest BCUT2D eigenvalue weighted by Crippen LogP contribution is -2.25. The van der Waals surface area contributed by atoms with E-state index in [0.29, 0.717) is 23.1 Å². The van der Waals surface area contributed by atoms with Crippen molar-refractivity contribution in [3.05, 3.63) is 34.9 Å². The first-order valence-electron chi connectivity index (χ1n) is 5.44. The molecule has 5 nitrogen and oxygen atoms in total. The number of sulfonamides is 1. The van der Waals surface area contributed by atoms with Gasteiger partial charge in [-0.1, -0.05) is 0 Å². The van der Waals surface area contributed by atoms with Crippen molar-refractivity contribution in [1.29, 1.82) is 0 Å². The van der Waals surface area contributed by atoms with Gasteiger partial charge in [0.1, 0.15) is 10.5 Å². The fraction of sp³-hybridized carbons (Fsp3) is 0.364. The van der Waals surface area contributed by atoms with Crippen LogP contribution in [0.3, 0.4) is 0 Å². The Labute approximate surface area is 110 Å². The number of aryl methyl sites for hydroxylation is 2. The predicted octanol–water partition coefficient (Wildman–Crippen LogP) is 1.87. The van der Waals surface area contributed by atoms with Crippen molar-refractivity contribution in [2.24, 2.45) is 0 Å². The fourth-order valence-corrected chi connectivity index (χ4v) is 3.82. The van der Waals surface area contributed by atoms with Crippen molar-refractivity contribution in [3.8, 4) is 0 Å². The first-order chi connectivity index (χ1) is 8.47. The largest absolute Gasteiger partial charge is 0.449 e. The molecule has 7 heteroatoms. The summed E-state index contributed by atoms with van der Waals surface area (Å²) in [5.41, 5.74) is 0.748. The van der Waals surface area contributed by atoms with Crippen LogP contribution in [-0.4, -0.2) is 19.9 Å². The van der Waals surface area contributed by atoms with Gasteiger partial charge in [-0.3, -0.25) is 0 Å². The lowest BCUT2D eigenvalue weighted by atomic mass is 10.3. The van der Waals surface area contributed by atoms with Crippen LogP contribution < -0.4 is 4.72 Å². The highest BCUT2D eigenvalue weighted by Gasteiger charge is 2.15. The molecule has 0 aliphatic rings. The van der Waals surface area contributed by atoms with E-state index in [1.54, 1.807) is 25.3 Å². The van der Waals surface area contributed by atoms with Crippen molar-refractivity contribution < 1.29 is 12.8 Å². The van der Waals surface area contributed by atoms with Gasteiger partial charge in [0, 0.05) is 24.8 Å². The van der Waals surface area contributed by atoms with Crippen molar-refractivity contribution in [2.75, 3.05) is 6.54 Å². The summed E-state index contributed by atoms with van der Waals surface area (Å²) >= 11 is 1.26. The molecule has 1 N–H and O–H groups in total. The zero-order chi connectivity index (χ0) is 13.2. The third kappa shape index (κ3) is 3.18. The second kappa shape index (κ2) is 5.21. The molecule has 0 saturated carbocycles. The zero-order valence-electron chi connectivity index (χ0n) is 10.1. The molecule has 2 aromatic heterocycles. The van der Waals surface area contributed by atoms with Crippen LogP contribution in [0.15, 0.2) is 27.0 Å². The van der Waals surface area contributed by atoms with Crippen LogP contribution in [0.5, 0.6) is 0 Å². The Balaban J connectivity index is 1.93. The third-order valence-electron chi connectivity index (χ3n) is 2.32. The molecule has 0 aliphatic carbocycles. The van der Waals surface area contributed by atoms with Gasteiger partial charge in [0.2, 0.25) is 10.0 Å². The minimum Gasteiger partial charge on any atom is -0.449 e. The number of hydrogen-bond acceptors (Lipinski definition) is 5. The van der Waals surface area contributed by atoms with Gasteiger partial charge in [-0.2, -0.15) is 0 Å². The molecule has 0 saturated heterocycles. The highest BCUT2D eigenvalue weighted by Crippen LogP contribution is 2.20. The first kappa shape index (κ1) is 13.3. The van der Waals surface area contributed by atoms with Crippen LogP contribution in [0.4, 0.5) is 0 Å². The third-order valence-corrected chi connectivity index (χ3v) is 5.27. The van der Waals surface area contributed by atoms with E-state index in [9.17, 15) is 8.42 Å². The van der Waals surface area contributed by atoms with Crippen molar-refractivity contribution in [2.45, 2.75) is 24.5 Å². The maximum atomic E-state index is 11.9. The Kier molecular flexibility index (Phi) is 3.84. The van der Waals surface area contributed by atoms with Gasteiger partial charge in [0.25, 0.3) is 0 Å². The van der Waals surface area contributed by atoms with Crippen LogP contribution in [0.25, 0.3) is 0 Å². The van der Waals surface area contributed by atoms with Gasteiger partial charge in [0.05, 0.1) is 5.69 Å². The SMILES string of the molecule is Cc1nc(CCNS(=O)(=O)c2ccc(C)s2)co1. The highest BCUT2D eigenvalue weighted by molar-refractivity contribution is 7.91. The van der Waals surface area contributed by atoms with Gasteiger partial charge in [-0.25, -0.2) is 18.1 Å². The van der Waals surface area contributed by atoms with Gasteiger partial charge in [-0.15, -0.1) is 11.3 Å². The molecule has 0 radical (unpaired) electrons. The van der Waals surface area contributed by atoms with Crippen molar-refractivity contribution in [1.82, 2.24) is 9.71 Å². The quantitative estimate of drug-likeness (QED) is 0.911. The molecule has 0 atom stereocenters. The van der Waals surface area contributed by atoms with Gasteiger partial charge >= 0.3 is 0 Å². The Bertz CT molecular complexity index is 628. The number of hydrogen-bond donors (Lipinski definition) is 1. The van der Waals surface area contributed by atoms with Gasteiger partial charge in [0.15, 0.2) is 5.89 Å². The molecule has 98 valence electrons. The Morgan fingerprint density at radius 3 is 2.72 bits per heavy atom. The molecule has 2 aromatic rings. The summed E-state index contributed by atoms with van der Waals surface area (Å²) in [6, 6.07) is 3.41. The molecule has 0 amide bonds. The van der Waals surface area contributed by atoms with Gasteiger partial charge in [-0.05, 0) is 19.1 Å². The average molecular weight is 286 g/mol. The molecule has 0 spiro atoms. The molecule has 2 heterocycles. The van der Waals surface area contributed by atoms with E-state index in [4.69, 9.17) is 4.42 Å². The predicted molar refractivity (Wildman–Crippen MR) is 69.2 cm³/mol. The maximum Gasteiger partial charge on any atom is 0.250 e. The lowest BCUT2D eigenvalue weighted by molar-refractivity contribution is 0.520. The topological polar surface area (TPSA) is 72.2 Å². The number of nitrogens with one attached hydrogen (secondary N) is 1. The van der Waals surface area contributed by atoms with E-state index in [1.165, 1.54) is 11.3 Å². The normalized spacial score (nSPS) is 11.9. The van der Waals surface area contributed by atoms with E-state index in [0.717, 1.165) is 10.6 Å². The standard InChI is InChI=1S/C11H14N2O3S2/c1-8-3-4-11(17-8)18(14,15)12-6-5-10-7-16-9(2)13-10/h3-4,7,12H,5-6H2,1-2H3. The van der Waals surface area contributed by atoms with Crippen molar-refractivity contribution >= 4 is 21.4 Å². The molecule has 18 heavy (non-hydrogen) atoms. The smallest absolute Gasteiger partial charge is 0.250 e. The van der Waals surface area contributed by atoms with Crippen LogP contribution in [-0.2, 0) is 16.4 Å². The summed E-state index contributed by atoms with van der Waals surface area (Å²) in [5.74, 6) is 0.585. The molecular weight excluding hydrogens is 272 g/mol. The van der Waals surface area contributed by atoms with E-state index >= 15 is 0 Å². The average Bonchev–Trinajstić information content (AvgIpc) is 2.88. The summed E-state index contributed by atoms with van der Waals surface area (Å²) < 4.78 is 31.7. The molecule has 0 fully saturated rings. The van der Waals surface area contributed by atoms with E-state index in [2.05, 4.69) is 9.71 Å². The Hall–Kier alpha value is -1.18. The zero-order valence-corrected chi connectivity index (χ0v) is 11.8.